The minimum atomic E-state index is -0.344. The number of hydrogen-bond donors (Lipinski definition) is 2. The van der Waals surface area contributed by atoms with E-state index in [2.05, 4.69) is 38.1 Å². The minimum Gasteiger partial charge on any atom is -0.367 e. The smallest absolute Gasteiger partial charge is 0.270 e. The van der Waals surface area contributed by atoms with Crippen molar-refractivity contribution >= 4 is 23.5 Å². The Morgan fingerprint density at radius 2 is 1.64 bits per heavy atom. The van der Waals surface area contributed by atoms with E-state index in [1.54, 1.807) is 17.0 Å². The zero-order chi connectivity index (χ0) is 26.9. The molecule has 9 heteroatoms. The summed E-state index contributed by atoms with van der Waals surface area (Å²) < 4.78 is 5.78. The number of rotatable bonds is 10. The van der Waals surface area contributed by atoms with Crippen molar-refractivity contribution in [3.05, 3.63) is 101 Å². The predicted octanol–water partition coefficient (Wildman–Crippen LogP) is 5.25. The number of carbonyl (C=O) groups is 2. The maximum absolute atomic E-state index is 13.4. The van der Waals surface area contributed by atoms with Crippen molar-refractivity contribution in [2.24, 2.45) is 0 Å². The van der Waals surface area contributed by atoms with Crippen molar-refractivity contribution in [1.29, 1.82) is 0 Å². The van der Waals surface area contributed by atoms with Gasteiger partial charge in [0, 0.05) is 11.3 Å². The van der Waals surface area contributed by atoms with Crippen LogP contribution >= 0.6 is 0 Å². The zero-order valence-electron chi connectivity index (χ0n) is 21.8. The average molecular weight is 525 g/mol. The highest BCUT2D eigenvalue weighted by molar-refractivity contribution is 6.03. The lowest BCUT2D eigenvalue weighted by Gasteiger charge is -2.25. The molecule has 0 saturated heterocycles. The SMILES string of the molecule is O=C(Nc1nn[nH]n1)c1ccc(CN(C(=O)COCc2ccccc2)c2ccc(C3CCCCC3)cc2)cc1. The zero-order valence-corrected chi connectivity index (χ0v) is 21.8. The summed E-state index contributed by atoms with van der Waals surface area (Å²) in [6.07, 6.45) is 6.32. The first-order valence-electron chi connectivity index (χ1n) is 13.3. The highest BCUT2D eigenvalue weighted by atomic mass is 16.5. The van der Waals surface area contributed by atoms with Gasteiger partial charge in [-0.25, -0.2) is 0 Å². The molecule has 0 unspecified atom stereocenters. The number of carbonyl (C=O) groups excluding carboxylic acids is 2. The summed E-state index contributed by atoms with van der Waals surface area (Å²) in [7, 11) is 0. The van der Waals surface area contributed by atoms with Gasteiger partial charge in [-0.05, 0) is 64.9 Å². The third kappa shape index (κ3) is 7.14. The first-order valence-corrected chi connectivity index (χ1v) is 13.3. The van der Waals surface area contributed by atoms with Crippen molar-refractivity contribution < 1.29 is 14.3 Å². The highest BCUT2D eigenvalue weighted by Crippen LogP contribution is 2.33. The summed E-state index contributed by atoms with van der Waals surface area (Å²) in [5.41, 5.74) is 4.51. The maximum atomic E-state index is 13.4. The number of hydrogen-bond acceptors (Lipinski definition) is 6. The second kappa shape index (κ2) is 12.9. The van der Waals surface area contributed by atoms with Crippen molar-refractivity contribution in [1.82, 2.24) is 20.6 Å². The average Bonchev–Trinajstić information content (AvgIpc) is 3.50. The molecule has 0 spiro atoms. The molecule has 1 aliphatic rings. The third-order valence-corrected chi connectivity index (χ3v) is 7.05. The van der Waals surface area contributed by atoms with E-state index < -0.39 is 0 Å². The molecule has 1 saturated carbocycles. The van der Waals surface area contributed by atoms with Crippen molar-refractivity contribution in [2.75, 3.05) is 16.8 Å². The van der Waals surface area contributed by atoms with Crippen LogP contribution in [0, 0.1) is 0 Å². The Bertz CT molecular complexity index is 1340. The number of aromatic nitrogens is 4. The summed E-state index contributed by atoms with van der Waals surface area (Å²) in [5, 5.41) is 15.8. The molecule has 39 heavy (non-hydrogen) atoms. The number of nitrogens with zero attached hydrogens (tertiary/aromatic N) is 4. The molecule has 4 aromatic rings. The Balaban J connectivity index is 1.29. The Morgan fingerprint density at radius 1 is 0.897 bits per heavy atom. The quantitative estimate of drug-likeness (QED) is 0.293. The molecular weight excluding hydrogens is 492 g/mol. The highest BCUT2D eigenvalue weighted by Gasteiger charge is 2.20. The molecule has 2 N–H and O–H groups in total. The van der Waals surface area contributed by atoms with Crippen molar-refractivity contribution in [3.63, 3.8) is 0 Å². The standard InChI is InChI=1S/C30H32N6O3/c37-28(21-39-20-23-7-3-1-4-8-23)36(27-17-15-25(16-18-27)24-9-5-2-6-10-24)19-22-11-13-26(14-12-22)29(38)31-30-32-34-35-33-30/h1,3-4,7-8,11-18,24H,2,5-6,9-10,19-21H2,(H2,31,32,33,34,35,38). The van der Waals surface area contributed by atoms with Crippen molar-refractivity contribution in [2.45, 2.75) is 51.2 Å². The van der Waals surface area contributed by atoms with Crippen LogP contribution in [-0.2, 0) is 22.7 Å². The van der Waals surface area contributed by atoms with Gasteiger partial charge in [0.2, 0.25) is 0 Å². The topological polar surface area (TPSA) is 113 Å². The number of nitrogens with one attached hydrogen (secondary N) is 2. The molecule has 1 aromatic heterocycles. The van der Waals surface area contributed by atoms with Crippen LogP contribution in [0.15, 0.2) is 78.9 Å². The number of H-pyrrole nitrogens is 1. The first kappa shape index (κ1) is 26.2. The molecule has 0 radical (unpaired) electrons. The van der Waals surface area contributed by atoms with E-state index in [0.29, 0.717) is 24.6 Å². The minimum absolute atomic E-state index is 0.0372. The number of ether oxygens (including phenoxy) is 1. The number of amides is 2. The summed E-state index contributed by atoms with van der Waals surface area (Å²) >= 11 is 0. The van der Waals surface area contributed by atoms with Gasteiger partial charge in [0.05, 0.1) is 13.2 Å². The van der Waals surface area contributed by atoms with Gasteiger partial charge in [-0.15, -0.1) is 5.10 Å². The fourth-order valence-electron chi connectivity index (χ4n) is 4.93. The molecule has 0 bridgehead atoms. The van der Waals surface area contributed by atoms with Crippen LogP contribution in [-0.4, -0.2) is 39.0 Å². The first-order chi connectivity index (χ1) is 19.2. The lowest BCUT2D eigenvalue weighted by atomic mass is 9.84. The van der Waals surface area contributed by atoms with E-state index in [1.807, 2.05) is 54.6 Å². The number of aromatic amines is 1. The van der Waals surface area contributed by atoms with Crippen molar-refractivity contribution in [3.8, 4) is 0 Å². The summed E-state index contributed by atoms with van der Waals surface area (Å²) in [5.74, 6) is 0.226. The van der Waals surface area contributed by atoms with E-state index in [1.165, 1.54) is 37.7 Å². The molecular formula is C30H32N6O3. The maximum Gasteiger partial charge on any atom is 0.270 e. The lowest BCUT2D eigenvalue weighted by molar-refractivity contribution is -0.123. The van der Waals surface area contributed by atoms with Gasteiger partial charge in [0.15, 0.2) is 0 Å². The monoisotopic (exact) mass is 524 g/mol. The van der Waals surface area contributed by atoms with Gasteiger partial charge < -0.3 is 9.64 Å². The Morgan fingerprint density at radius 3 is 2.33 bits per heavy atom. The fraction of sp³-hybridized carbons (Fsp3) is 0.300. The Kier molecular flexibility index (Phi) is 8.70. The van der Waals surface area contributed by atoms with E-state index in [4.69, 9.17) is 4.74 Å². The number of benzene rings is 3. The van der Waals surface area contributed by atoms with E-state index in [9.17, 15) is 9.59 Å². The molecule has 5 rings (SSSR count). The van der Waals surface area contributed by atoms with Crippen LogP contribution in [0.3, 0.4) is 0 Å². The molecule has 3 aromatic carbocycles. The van der Waals surface area contributed by atoms with Gasteiger partial charge in [0.1, 0.15) is 6.61 Å². The molecule has 200 valence electrons. The van der Waals surface area contributed by atoms with Crippen LogP contribution in [0.2, 0.25) is 0 Å². The molecule has 1 aliphatic carbocycles. The summed E-state index contributed by atoms with van der Waals surface area (Å²) in [6.45, 7) is 0.679. The fourth-order valence-corrected chi connectivity index (χ4v) is 4.93. The molecule has 0 aliphatic heterocycles. The van der Waals surface area contributed by atoms with E-state index >= 15 is 0 Å². The molecule has 2 amide bonds. The van der Waals surface area contributed by atoms with Crippen LogP contribution in [0.25, 0.3) is 0 Å². The van der Waals surface area contributed by atoms with Gasteiger partial charge in [-0.1, -0.05) is 79.0 Å². The van der Waals surface area contributed by atoms with Crippen LogP contribution in [0.1, 0.15) is 65.1 Å². The van der Waals surface area contributed by atoms with Crippen LogP contribution < -0.4 is 10.2 Å². The van der Waals surface area contributed by atoms with Crippen LogP contribution in [0.4, 0.5) is 11.6 Å². The normalized spacial score (nSPS) is 13.6. The Labute approximate surface area is 227 Å². The lowest BCUT2D eigenvalue weighted by Crippen LogP contribution is -2.33. The summed E-state index contributed by atoms with van der Waals surface area (Å²) in [4.78, 5) is 27.6. The van der Waals surface area contributed by atoms with Gasteiger partial charge in [-0.2, -0.15) is 5.21 Å². The van der Waals surface area contributed by atoms with Gasteiger partial charge >= 0.3 is 0 Å². The second-order valence-electron chi connectivity index (χ2n) is 9.77. The Hall–Kier alpha value is -4.37. The van der Waals surface area contributed by atoms with Crippen LogP contribution in [0.5, 0.6) is 0 Å². The van der Waals surface area contributed by atoms with E-state index in [0.717, 1.165) is 16.8 Å². The largest absolute Gasteiger partial charge is 0.367 e. The number of tetrazole rings is 1. The number of anilines is 2. The molecule has 0 atom stereocenters. The molecule has 9 nitrogen and oxygen atoms in total. The summed E-state index contributed by atoms with van der Waals surface area (Å²) in [6, 6.07) is 25.3. The molecule has 1 fully saturated rings. The van der Waals surface area contributed by atoms with Gasteiger partial charge in [0.25, 0.3) is 17.8 Å². The van der Waals surface area contributed by atoms with Gasteiger partial charge in [-0.3, -0.25) is 14.9 Å². The second-order valence-corrected chi connectivity index (χ2v) is 9.77. The molecule has 1 heterocycles. The predicted molar refractivity (Wildman–Crippen MR) is 148 cm³/mol. The third-order valence-electron chi connectivity index (χ3n) is 7.05. The van der Waals surface area contributed by atoms with E-state index in [-0.39, 0.29) is 24.4 Å².